The highest BCUT2D eigenvalue weighted by Crippen LogP contribution is 2.28. The third-order valence-electron chi connectivity index (χ3n) is 4.90. The molecule has 0 aromatic heterocycles. The molecule has 1 saturated carbocycles. The van der Waals surface area contributed by atoms with Crippen LogP contribution in [0.3, 0.4) is 0 Å². The highest BCUT2D eigenvalue weighted by atomic mass is 16.6. The van der Waals surface area contributed by atoms with Gasteiger partial charge in [0.15, 0.2) is 0 Å². The van der Waals surface area contributed by atoms with Gasteiger partial charge in [-0.05, 0) is 45.7 Å². The van der Waals surface area contributed by atoms with Crippen LogP contribution in [-0.4, -0.2) is 34.6 Å². The van der Waals surface area contributed by atoms with Crippen LogP contribution in [0.25, 0.3) is 0 Å². The lowest BCUT2D eigenvalue weighted by Crippen LogP contribution is -2.56. The second kappa shape index (κ2) is 9.11. The molecule has 1 aromatic carbocycles. The third kappa shape index (κ3) is 6.62. The minimum Gasteiger partial charge on any atom is -0.444 e. The van der Waals surface area contributed by atoms with Crippen LogP contribution in [-0.2, 0) is 4.74 Å². The number of ether oxygens (including phenoxy) is 1. The Labute approximate surface area is 170 Å². The summed E-state index contributed by atoms with van der Waals surface area (Å²) in [5, 5.41) is 16.8. The van der Waals surface area contributed by atoms with Gasteiger partial charge >= 0.3 is 6.09 Å². The molecule has 0 unspecified atom stereocenters. The maximum atomic E-state index is 12.6. The largest absolute Gasteiger partial charge is 0.444 e. The Morgan fingerprint density at radius 3 is 2.38 bits per heavy atom. The molecule has 0 bridgehead atoms. The Kier molecular flexibility index (Phi) is 7.05. The van der Waals surface area contributed by atoms with Gasteiger partial charge in [0, 0.05) is 18.2 Å². The van der Waals surface area contributed by atoms with Gasteiger partial charge < -0.3 is 21.1 Å². The van der Waals surface area contributed by atoms with Crippen LogP contribution < -0.4 is 16.4 Å². The van der Waals surface area contributed by atoms with Crippen molar-refractivity contribution in [2.45, 2.75) is 70.4 Å². The first kappa shape index (κ1) is 22.4. The molecule has 160 valence electrons. The van der Waals surface area contributed by atoms with Crippen molar-refractivity contribution < 1.29 is 19.2 Å². The lowest BCUT2D eigenvalue weighted by molar-refractivity contribution is -0.383. The SMILES string of the molecule is CC(C)(C)OC(=O)NC1(CNC(=O)c2ccc(N)c([N+](=O)[O-])c2)CCCCCC1. The van der Waals surface area contributed by atoms with Gasteiger partial charge in [0.2, 0.25) is 0 Å². The van der Waals surface area contributed by atoms with E-state index in [0.717, 1.165) is 31.7 Å². The fourth-order valence-corrected chi connectivity index (χ4v) is 3.47. The van der Waals surface area contributed by atoms with Crippen molar-refractivity contribution >= 4 is 23.4 Å². The molecular formula is C20H30N4O5. The number of nitro benzene ring substituents is 1. The summed E-state index contributed by atoms with van der Waals surface area (Å²) in [7, 11) is 0. The molecule has 0 spiro atoms. The van der Waals surface area contributed by atoms with Crippen LogP contribution in [0, 0.1) is 10.1 Å². The van der Waals surface area contributed by atoms with Crippen LogP contribution in [0.5, 0.6) is 0 Å². The van der Waals surface area contributed by atoms with E-state index in [4.69, 9.17) is 10.5 Å². The van der Waals surface area contributed by atoms with E-state index in [-0.39, 0.29) is 23.5 Å². The number of nitrogens with zero attached hydrogens (tertiary/aromatic N) is 1. The quantitative estimate of drug-likeness (QED) is 0.296. The molecule has 29 heavy (non-hydrogen) atoms. The molecule has 1 aliphatic rings. The normalized spacial score (nSPS) is 16.4. The number of nitro groups is 1. The van der Waals surface area contributed by atoms with E-state index in [1.165, 1.54) is 12.1 Å². The van der Waals surface area contributed by atoms with Gasteiger partial charge in [0.05, 0.1) is 10.5 Å². The molecule has 4 N–H and O–H groups in total. The van der Waals surface area contributed by atoms with E-state index in [2.05, 4.69) is 10.6 Å². The molecule has 1 aliphatic carbocycles. The maximum Gasteiger partial charge on any atom is 0.408 e. The van der Waals surface area contributed by atoms with Gasteiger partial charge in [-0.3, -0.25) is 14.9 Å². The number of hydrogen-bond acceptors (Lipinski definition) is 6. The average molecular weight is 406 g/mol. The molecule has 1 fully saturated rings. The van der Waals surface area contributed by atoms with Crippen molar-refractivity contribution in [2.24, 2.45) is 0 Å². The van der Waals surface area contributed by atoms with Crippen molar-refractivity contribution in [3.63, 3.8) is 0 Å². The summed E-state index contributed by atoms with van der Waals surface area (Å²) in [6.45, 7) is 5.59. The lowest BCUT2D eigenvalue weighted by atomic mass is 9.90. The molecule has 0 saturated heterocycles. The smallest absolute Gasteiger partial charge is 0.408 e. The first-order valence-corrected chi connectivity index (χ1v) is 9.85. The summed E-state index contributed by atoms with van der Waals surface area (Å²) in [4.78, 5) is 35.4. The number of nitrogens with one attached hydrogen (secondary N) is 2. The van der Waals surface area contributed by atoms with Gasteiger partial charge in [0.25, 0.3) is 11.6 Å². The van der Waals surface area contributed by atoms with Crippen molar-refractivity contribution in [1.82, 2.24) is 10.6 Å². The van der Waals surface area contributed by atoms with Crippen LogP contribution in [0.2, 0.25) is 0 Å². The van der Waals surface area contributed by atoms with Crippen LogP contribution in [0.4, 0.5) is 16.2 Å². The van der Waals surface area contributed by atoms with Gasteiger partial charge in [-0.1, -0.05) is 25.7 Å². The molecule has 0 heterocycles. The molecule has 1 aromatic rings. The van der Waals surface area contributed by atoms with Gasteiger partial charge in [-0.2, -0.15) is 0 Å². The summed E-state index contributed by atoms with van der Waals surface area (Å²) in [5.74, 6) is -0.456. The summed E-state index contributed by atoms with van der Waals surface area (Å²) >= 11 is 0. The molecule has 0 atom stereocenters. The second-order valence-corrected chi connectivity index (χ2v) is 8.53. The highest BCUT2D eigenvalue weighted by Gasteiger charge is 2.34. The van der Waals surface area contributed by atoms with Crippen molar-refractivity contribution in [1.29, 1.82) is 0 Å². The summed E-state index contributed by atoms with van der Waals surface area (Å²) in [6.07, 6.45) is 4.91. The van der Waals surface area contributed by atoms with Gasteiger partial charge in [0.1, 0.15) is 11.3 Å². The third-order valence-corrected chi connectivity index (χ3v) is 4.90. The molecule has 2 rings (SSSR count). The average Bonchev–Trinajstić information content (AvgIpc) is 2.84. The lowest BCUT2D eigenvalue weighted by Gasteiger charge is -2.35. The van der Waals surface area contributed by atoms with E-state index in [0.29, 0.717) is 12.8 Å². The monoisotopic (exact) mass is 406 g/mol. The number of benzene rings is 1. The number of nitrogens with two attached hydrogens (primary N) is 1. The Balaban J connectivity index is 2.13. The fourth-order valence-electron chi connectivity index (χ4n) is 3.47. The van der Waals surface area contributed by atoms with E-state index < -0.39 is 28.1 Å². The van der Waals surface area contributed by atoms with Crippen molar-refractivity contribution in [2.75, 3.05) is 12.3 Å². The van der Waals surface area contributed by atoms with Crippen molar-refractivity contribution in [3.8, 4) is 0 Å². The zero-order valence-electron chi connectivity index (χ0n) is 17.2. The molecule has 9 nitrogen and oxygen atoms in total. The van der Waals surface area contributed by atoms with E-state index in [1.807, 2.05) is 0 Å². The predicted molar refractivity (Wildman–Crippen MR) is 110 cm³/mol. The molecule has 0 aliphatic heterocycles. The Bertz CT molecular complexity index is 765. The minimum absolute atomic E-state index is 0.00150. The molecule has 2 amide bonds. The fraction of sp³-hybridized carbons (Fsp3) is 0.600. The summed E-state index contributed by atoms with van der Waals surface area (Å²) in [6, 6.07) is 3.94. The van der Waals surface area contributed by atoms with Gasteiger partial charge in [-0.25, -0.2) is 4.79 Å². The van der Waals surface area contributed by atoms with Crippen molar-refractivity contribution in [3.05, 3.63) is 33.9 Å². The zero-order valence-corrected chi connectivity index (χ0v) is 17.2. The standard InChI is InChI=1S/C20H30N4O5/c1-19(2,3)29-18(26)23-20(10-6-4-5-7-11-20)13-22-17(25)14-8-9-15(21)16(12-14)24(27)28/h8-9,12H,4-7,10-11,13,21H2,1-3H3,(H,22,25)(H,23,26). The minimum atomic E-state index is -0.623. The maximum absolute atomic E-state index is 12.6. The van der Waals surface area contributed by atoms with Crippen LogP contribution >= 0.6 is 0 Å². The Morgan fingerprint density at radius 1 is 1.21 bits per heavy atom. The Morgan fingerprint density at radius 2 is 1.83 bits per heavy atom. The van der Waals surface area contributed by atoms with Crippen LogP contribution in [0.1, 0.15) is 69.7 Å². The highest BCUT2D eigenvalue weighted by molar-refractivity contribution is 5.95. The predicted octanol–water partition coefficient (Wildman–Crippen LogP) is 3.52. The number of amides is 2. The number of hydrogen-bond donors (Lipinski definition) is 3. The molecule has 9 heteroatoms. The van der Waals surface area contributed by atoms with Crippen LogP contribution in [0.15, 0.2) is 18.2 Å². The number of carbonyl (C=O) groups excluding carboxylic acids is 2. The topological polar surface area (TPSA) is 137 Å². The number of nitrogen functional groups attached to an aromatic ring is 1. The second-order valence-electron chi connectivity index (χ2n) is 8.53. The first-order valence-electron chi connectivity index (χ1n) is 9.85. The van der Waals surface area contributed by atoms with Gasteiger partial charge in [-0.15, -0.1) is 0 Å². The summed E-state index contributed by atoms with van der Waals surface area (Å²) < 4.78 is 5.40. The number of alkyl carbamates (subject to hydrolysis) is 1. The Hall–Kier alpha value is -2.84. The summed E-state index contributed by atoms with van der Waals surface area (Å²) in [5.41, 5.74) is 4.18. The number of anilines is 1. The number of rotatable bonds is 5. The van der Waals surface area contributed by atoms with E-state index >= 15 is 0 Å². The molecular weight excluding hydrogens is 376 g/mol. The van der Waals surface area contributed by atoms with E-state index in [1.54, 1.807) is 20.8 Å². The first-order chi connectivity index (χ1) is 13.5. The molecule has 0 radical (unpaired) electrons. The number of carbonyl (C=O) groups is 2. The zero-order chi connectivity index (χ0) is 21.7. The van der Waals surface area contributed by atoms with E-state index in [9.17, 15) is 19.7 Å².